The molecular weight excluding hydrogens is 279 g/mol. The lowest BCUT2D eigenvalue weighted by Crippen LogP contribution is -2.34. The lowest BCUT2D eigenvalue weighted by Gasteiger charge is -2.23. The van der Waals surface area contributed by atoms with Crippen LogP contribution in [0.3, 0.4) is 0 Å². The maximum Gasteiger partial charge on any atom is 0.227 e. The van der Waals surface area contributed by atoms with Crippen molar-refractivity contribution in [3.05, 3.63) is 34.6 Å². The molecule has 1 atom stereocenters. The van der Waals surface area contributed by atoms with E-state index in [4.69, 9.17) is 11.6 Å². The fourth-order valence-corrected chi connectivity index (χ4v) is 3.49. The van der Waals surface area contributed by atoms with Gasteiger partial charge in [-0.05, 0) is 31.5 Å². The number of nitrogens with zero attached hydrogens (tertiary/aromatic N) is 1. The summed E-state index contributed by atoms with van der Waals surface area (Å²) in [5.74, 6) is -0.428. The predicted octanol–water partition coefficient (Wildman–Crippen LogP) is 2.23. The van der Waals surface area contributed by atoms with E-state index in [2.05, 4.69) is 5.32 Å². The van der Waals surface area contributed by atoms with E-state index in [0.717, 1.165) is 39.0 Å². The number of rotatable bonds is 2. The van der Waals surface area contributed by atoms with Crippen LogP contribution in [-0.4, -0.2) is 37.0 Å². The Balaban J connectivity index is 1.68. The van der Waals surface area contributed by atoms with Gasteiger partial charge in [-0.3, -0.25) is 4.79 Å². The van der Waals surface area contributed by atoms with Gasteiger partial charge in [-0.15, -0.1) is 0 Å². The van der Waals surface area contributed by atoms with E-state index in [-0.39, 0.29) is 17.7 Å². The minimum atomic E-state index is -0.401. The van der Waals surface area contributed by atoms with E-state index in [9.17, 15) is 9.18 Å². The molecule has 1 N–H and O–H groups in total. The molecule has 2 aliphatic heterocycles. The van der Waals surface area contributed by atoms with Crippen molar-refractivity contribution in [3.63, 3.8) is 0 Å². The molecule has 1 aromatic rings. The van der Waals surface area contributed by atoms with Crippen molar-refractivity contribution in [2.24, 2.45) is 5.41 Å². The van der Waals surface area contributed by atoms with Crippen LogP contribution in [0.1, 0.15) is 18.4 Å². The predicted molar refractivity (Wildman–Crippen MR) is 76.2 cm³/mol. The fourth-order valence-electron chi connectivity index (χ4n) is 3.26. The van der Waals surface area contributed by atoms with Gasteiger partial charge in [0.2, 0.25) is 5.91 Å². The molecule has 1 amide bonds. The molecule has 1 unspecified atom stereocenters. The zero-order chi connectivity index (χ0) is 14.2. The van der Waals surface area contributed by atoms with Crippen molar-refractivity contribution in [2.75, 3.05) is 26.2 Å². The van der Waals surface area contributed by atoms with Gasteiger partial charge in [0.05, 0.1) is 6.42 Å². The van der Waals surface area contributed by atoms with Gasteiger partial charge in [-0.25, -0.2) is 4.39 Å². The highest BCUT2D eigenvalue weighted by molar-refractivity contribution is 6.31. The van der Waals surface area contributed by atoms with Gasteiger partial charge in [-0.1, -0.05) is 17.7 Å². The number of likely N-dealkylation sites (tertiary alicyclic amines) is 1. The molecule has 2 aliphatic rings. The Hall–Kier alpha value is -1.13. The highest BCUT2D eigenvalue weighted by atomic mass is 35.5. The zero-order valence-corrected chi connectivity index (χ0v) is 12.0. The summed E-state index contributed by atoms with van der Waals surface area (Å²) >= 11 is 5.98. The van der Waals surface area contributed by atoms with Crippen molar-refractivity contribution < 1.29 is 9.18 Å². The summed E-state index contributed by atoms with van der Waals surface area (Å²) in [6.45, 7) is 3.57. The second-order valence-corrected chi connectivity index (χ2v) is 6.28. The van der Waals surface area contributed by atoms with E-state index < -0.39 is 5.82 Å². The van der Waals surface area contributed by atoms with E-state index in [1.165, 1.54) is 6.07 Å². The van der Waals surface area contributed by atoms with Crippen LogP contribution >= 0.6 is 11.6 Å². The number of halogens is 2. The molecule has 0 bridgehead atoms. The zero-order valence-electron chi connectivity index (χ0n) is 11.3. The molecule has 3 rings (SSSR count). The highest BCUT2D eigenvalue weighted by Crippen LogP contribution is 2.36. The Labute approximate surface area is 123 Å². The first kappa shape index (κ1) is 13.8. The van der Waals surface area contributed by atoms with Crippen LogP contribution in [0.4, 0.5) is 4.39 Å². The lowest BCUT2D eigenvalue weighted by atomic mass is 9.86. The summed E-state index contributed by atoms with van der Waals surface area (Å²) in [7, 11) is 0. The number of hydrogen-bond donors (Lipinski definition) is 1. The average molecular weight is 297 g/mol. The summed E-state index contributed by atoms with van der Waals surface area (Å²) in [6, 6.07) is 4.53. The molecule has 108 valence electrons. The van der Waals surface area contributed by atoms with Crippen molar-refractivity contribution in [1.82, 2.24) is 10.2 Å². The Bertz CT molecular complexity index is 508. The Kier molecular flexibility index (Phi) is 3.69. The SMILES string of the molecule is O=C(Cc1c(F)cccc1Cl)N1CCC2(CCNC2)C1. The minimum Gasteiger partial charge on any atom is -0.342 e. The van der Waals surface area contributed by atoms with E-state index in [1.54, 1.807) is 12.1 Å². The topological polar surface area (TPSA) is 32.3 Å². The molecular formula is C15H18ClFN2O. The molecule has 0 aromatic heterocycles. The number of nitrogens with one attached hydrogen (secondary N) is 1. The molecule has 2 saturated heterocycles. The number of amides is 1. The maximum absolute atomic E-state index is 13.7. The van der Waals surface area contributed by atoms with Crippen LogP contribution in [0.15, 0.2) is 18.2 Å². The maximum atomic E-state index is 13.7. The van der Waals surface area contributed by atoms with Crippen molar-refractivity contribution in [2.45, 2.75) is 19.3 Å². The van der Waals surface area contributed by atoms with Crippen LogP contribution in [0, 0.1) is 11.2 Å². The van der Waals surface area contributed by atoms with Gasteiger partial charge in [0, 0.05) is 35.6 Å². The Morgan fingerprint density at radius 1 is 1.45 bits per heavy atom. The number of carbonyl (C=O) groups is 1. The monoisotopic (exact) mass is 296 g/mol. The second-order valence-electron chi connectivity index (χ2n) is 5.87. The number of benzene rings is 1. The largest absolute Gasteiger partial charge is 0.342 e. The van der Waals surface area contributed by atoms with Crippen LogP contribution in [0.25, 0.3) is 0 Å². The van der Waals surface area contributed by atoms with Crippen molar-refractivity contribution >= 4 is 17.5 Å². The van der Waals surface area contributed by atoms with Crippen LogP contribution < -0.4 is 5.32 Å². The van der Waals surface area contributed by atoms with Crippen molar-refractivity contribution in [1.29, 1.82) is 0 Å². The number of carbonyl (C=O) groups excluding carboxylic acids is 1. The molecule has 2 fully saturated rings. The summed E-state index contributed by atoms with van der Waals surface area (Å²) in [5, 5.41) is 3.69. The molecule has 1 spiro atoms. The fraction of sp³-hybridized carbons (Fsp3) is 0.533. The first-order chi connectivity index (χ1) is 9.60. The molecule has 3 nitrogen and oxygen atoms in total. The first-order valence-electron chi connectivity index (χ1n) is 7.01. The van der Waals surface area contributed by atoms with E-state index in [1.807, 2.05) is 4.90 Å². The van der Waals surface area contributed by atoms with Gasteiger partial charge in [0.15, 0.2) is 0 Å². The van der Waals surface area contributed by atoms with Gasteiger partial charge in [-0.2, -0.15) is 0 Å². The van der Waals surface area contributed by atoms with Gasteiger partial charge in [0.25, 0.3) is 0 Å². The lowest BCUT2D eigenvalue weighted by molar-refractivity contribution is -0.129. The Morgan fingerprint density at radius 2 is 2.30 bits per heavy atom. The third kappa shape index (κ3) is 2.54. The summed E-state index contributed by atoms with van der Waals surface area (Å²) in [5.41, 5.74) is 0.555. The summed E-state index contributed by atoms with van der Waals surface area (Å²) in [4.78, 5) is 14.2. The molecule has 5 heteroatoms. The van der Waals surface area contributed by atoms with Crippen LogP contribution in [-0.2, 0) is 11.2 Å². The van der Waals surface area contributed by atoms with Gasteiger partial charge < -0.3 is 10.2 Å². The van der Waals surface area contributed by atoms with Crippen LogP contribution in [0.2, 0.25) is 5.02 Å². The van der Waals surface area contributed by atoms with Crippen LogP contribution in [0.5, 0.6) is 0 Å². The third-order valence-electron chi connectivity index (χ3n) is 4.51. The van der Waals surface area contributed by atoms with Crippen molar-refractivity contribution in [3.8, 4) is 0 Å². The quantitative estimate of drug-likeness (QED) is 0.908. The normalized spacial score (nSPS) is 25.6. The van der Waals surface area contributed by atoms with E-state index in [0.29, 0.717) is 10.6 Å². The smallest absolute Gasteiger partial charge is 0.227 e. The van der Waals surface area contributed by atoms with Gasteiger partial charge in [0.1, 0.15) is 5.82 Å². The number of hydrogen-bond acceptors (Lipinski definition) is 2. The Morgan fingerprint density at radius 3 is 3.00 bits per heavy atom. The van der Waals surface area contributed by atoms with Gasteiger partial charge >= 0.3 is 0 Å². The standard InChI is InChI=1S/C15H18ClFN2O/c16-12-2-1-3-13(17)11(12)8-14(20)19-7-5-15(10-19)4-6-18-9-15/h1-3,18H,4-10H2. The first-order valence-corrected chi connectivity index (χ1v) is 7.39. The highest BCUT2D eigenvalue weighted by Gasteiger charge is 2.41. The molecule has 0 aliphatic carbocycles. The minimum absolute atomic E-state index is 0.0271. The molecule has 0 radical (unpaired) electrons. The average Bonchev–Trinajstić information content (AvgIpc) is 3.05. The molecule has 2 heterocycles. The second kappa shape index (κ2) is 5.34. The van der Waals surface area contributed by atoms with E-state index >= 15 is 0 Å². The summed E-state index contributed by atoms with van der Waals surface area (Å²) < 4.78 is 13.7. The molecule has 1 aromatic carbocycles. The molecule has 0 saturated carbocycles. The molecule has 20 heavy (non-hydrogen) atoms. The summed E-state index contributed by atoms with van der Waals surface area (Å²) in [6.07, 6.45) is 2.21. The third-order valence-corrected chi connectivity index (χ3v) is 4.87.